The Balaban J connectivity index is 2.22. The van der Waals surface area contributed by atoms with Gasteiger partial charge in [0, 0.05) is 18.0 Å². The predicted octanol–water partition coefficient (Wildman–Crippen LogP) is 4.66. The van der Waals surface area contributed by atoms with Gasteiger partial charge in [0.25, 0.3) is 0 Å². The van der Waals surface area contributed by atoms with Gasteiger partial charge in [0.15, 0.2) is 0 Å². The zero-order valence-corrected chi connectivity index (χ0v) is 12.8. The van der Waals surface area contributed by atoms with Gasteiger partial charge in [-0.05, 0) is 30.0 Å². The maximum Gasteiger partial charge on any atom is 0.0595 e. The summed E-state index contributed by atoms with van der Waals surface area (Å²) in [6.07, 6.45) is 2.47. The molecule has 0 heterocycles. The van der Waals surface area contributed by atoms with Crippen molar-refractivity contribution >= 4 is 23.2 Å². The van der Waals surface area contributed by atoms with Crippen molar-refractivity contribution in [2.24, 2.45) is 5.92 Å². The van der Waals surface area contributed by atoms with Gasteiger partial charge in [-0.25, -0.2) is 0 Å². The summed E-state index contributed by atoms with van der Waals surface area (Å²) in [5, 5.41) is 4.88. The van der Waals surface area contributed by atoms with Crippen LogP contribution in [0.2, 0.25) is 10.0 Å². The van der Waals surface area contributed by atoms with Crippen LogP contribution in [0.25, 0.3) is 0 Å². The van der Waals surface area contributed by atoms with Gasteiger partial charge >= 0.3 is 0 Å². The molecule has 1 aromatic rings. The number of benzene rings is 1. The van der Waals surface area contributed by atoms with E-state index in [0.717, 1.165) is 12.5 Å². The van der Waals surface area contributed by atoms with Gasteiger partial charge in [0.1, 0.15) is 0 Å². The Morgan fingerprint density at radius 1 is 1.33 bits per heavy atom. The van der Waals surface area contributed by atoms with Crippen LogP contribution in [-0.2, 0) is 5.41 Å². The summed E-state index contributed by atoms with van der Waals surface area (Å²) in [5.74, 6) is 0.765. The highest BCUT2D eigenvalue weighted by Gasteiger charge is 2.53. The van der Waals surface area contributed by atoms with Crippen LogP contribution in [0.4, 0.5) is 0 Å². The average Bonchev–Trinajstić information content (AvgIpc) is 3.05. The van der Waals surface area contributed by atoms with Crippen LogP contribution in [0.15, 0.2) is 18.2 Å². The Bertz CT molecular complexity index is 431. The summed E-state index contributed by atoms with van der Waals surface area (Å²) < 4.78 is 0. The van der Waals surface area contributed by atoms with Crippen LogP contribution in [0.1, 0.15) is 39.2 Å². The minimum Gasteiger partial charge on any atom is -0.314 e. The normalized spacial score (nSPS) is 26.7. The number of hydrogen-bond donors (Lipinski definition) is 1. The fraction of sp³-hybridized carbons (Fsp3) is 0.600. The van der Waals surface area contributed by atoms with E-state index < -0.39 is 0 Å². The fourth-order valence-corrected chi connectivity index (χ4v) is 3.08. The lowest BCUT2D eigenvalue weighted by molar-refractivity contribution is 0.487. The lowest BCUT2D eigenvalue weighted by Gasteiger charge is -2.21. The van der Waals surface area contributed by atoms with Crippen LogP contribution in [-0.4, -0.2) is 12.6 Å². The van der Waals surface area contributed by atoms with E-state index in [0.29, 0.717) is 16.1 Å². The number of rotatable bonds is 5. The van der Waals surface area contributed by atoms with Crippen LogP contribution in [0.3, 0.4) is 0 Å². The van der Waals surface area contributed by atoms with Crippen LogP contribution < -0.4 is 5.32 Å². The Morgan fingerprint density at radius 2 is 2.06 bits per heavy atom. The van der Waals surface area contributed by atoms with Crippen molar-refractivity contribution in [1.29, 1.82) is 0 Å². The van der Waals surface area contributed by atoms with Crippen LogP contribution >= 0.6 is 23.2 Å². The molecule has 1 aliphatic carbocycles. The quantitative estimate of drug-likeness (QED) is 0.830. The van der Waals surface area contributed by atoms with E-state index in [2.05, 4.69) is 32.2 Å². The average molecular weight is 286 g/mol. The van der Waals surface area contributed by atoms with Gasteiger partial charge < -0.3 is 5.32 Å². The van der Waals surface area contributed by atoms with Crippen molar-refractivity contribution in [2.75, 3.05) is 6.54 Å². The summed E-state index contributed by atoms with van der Waals surface area (Å²) >= 11 is 12.2. The molecular formula is C15H21Cl2N. The lowest BCUT2D eigenvalue weighted by Crippen LogP contribution is -2.33. The summed E-state index contributed by atoms with van der Waals surface area (Å²) in [5.41, 5.74) is 1.60. The molecule has 0 radical (unpaired) electrons. The summed E-state index contributed by atoms with van der Waals surface area (Å²) in [4.78, 5) is 0. The Hall–Kier alpha value is -0.240. The zero-order valence-electron chi connectivity index (χ0n) is 11.3. The van der Waals surface area contributed by atoms with Crippen molar-refractivity contribution in [3.63, 3.8) is 0 Å². The molecule has 1 N–H and O–H groups in total. The minimum absolute atomic E-state index is 0.271. The molecule has 1 fully saturated rings. The molecule has 1 nitrogen and oxygen atoms in total. The molecule has 3 heteroatoms. The first-order valence-corrected chi connectivity index (χ1v) is 7.44. The first kappa shape index (κ1) is 14.2. The first-order chi connectivity index (χ1) is 8.49. The van der Waals surface area contributed by atoms with Gasteiger partial charge in [-0.2, -0.15) is 0 Å². The van der Waals surface area contributed by atoms with Gasteiger partial charge in [0.2, 0.25) is 0 Å². The molecule has 0 amide bonds. The highest BCUT2D eigenvalue weighted by Crippen LogP contribution is 2.56. The van der Waals surface area contributed by atoms with E-state index in [4.69, 9.17) is 23.2 Å². The molecule has 0 spiro atoms. The standard InChI is InChI=1S/C15H21Cl2N/c1-4-11-8-15(11,9-18-10(2)3)12-5-6-13(16)14(17)7-12/h5-7,10-11,18H,4,8-9H2,1-3H3. The van der Waals surface area contributed by atoms with E-state index in [1.807, 2.05) is 12.1 Å². The van der Waals surface area contributed by atoms with Crippen molar-refractivity contribution in [1.82, 2.24) is 5.32 Å². The molecule has 2 atom stereocenters. The van der Waals surface area contributed by atoms with Gasteiger partial charge in [-0.15, -0.1) is 0 Å². The smallest absolute Gasteiger partial charge is 0.0595 e. The largest absolute Gasteiger partial charge is 0.314 e. The molecule has 0 bridgehead atoms. The van der Waals surface area contributed by atoms with Gasteiger partial charge in [-0.1, -0.05) is 56.5 Å². The summed E-state index contributed by atoms with van der Waals surface area (Å²) in [6, 6.07) is 6.61. The maximum atomic E-state index is 6.15. The van der Waals surface area contributed by atoms with Crippen LogP contribution in [0, 0.1) is 5.92 Å². The molecule has 18 heavy (non-hydrogen) atoms. The SMILES string of the molecule is CCC1CC1(CNC(C)C)c1ccc(Cl)c(Cl)c1. The first-order valence-electron chi connectivity index (χ1n) is 6.68. The monoisotopic (exact) mass is 285 g/mol. The van der Waals surface area contributed by atoms with Gasteiger partial charge in [-0.3, -0.25) is 0 Å². The molecule has 1 saturated carbocycles. The van der Waals surface area contributed by atoms with Crippen molar-refractivity contribution < 1.29 is 0 Å². The molecule has 0 aliphatic heterocycles. The Kier molecular flexibility index (Phi) is 4.25. The van der Waals surface area contributed by atoms with E-state index in [9.17, 15) is 0 Å². The molecule has 2 rings (SSSR count). The molecule has 100 valence electrons. The third-order valence-corrected chi connectivity index (χ3v) is 4.78. The van der Waals surface area contributed by atoms with E-state index in [-0.39, 0.29) is 5.41 Å². The second-order valence-electron chi connectivity index (χ2n) is 5.63. The maximum absolute atomic E-state index is 6.15. The highest BCUT2D eigenvalue weighted by atomic mass is 35.5. The third kappa shape index (κ3) is 2.68. The lowest BCUT2D eigenvalue weighted by atomic mass is 9.92. The summed E-state index contributed by atoms with van der Waals surface area (Å²) in [6.45, 7) is 7.66. The predicted molar refractivity (Wildman–Crippen MR) is 79.7 cm³/mol. The van der Waals surface area contributed by atoms with Crippen molar-refractivity contribution in [3.8, 4) is 0 Å². The molecule has 1 aliphatic rings. The molecule has 0 aromatic heterocycles. The van der Waals surface area contributed by atoms with Gasteiger partial charge in [0.05, 0.1) is 10.0 Å². The molecular weight excluding hydrogens is 265 g/mol. The number of hydrogen-bond acceptors (Lipinski definition) is 1. The zero-order chi connectivity index (χ0) is 13.3. The number of nitrogens with one attached hydrogen (secondary N) is 1. The molecule has 2 unspecified atom stereocenters. The van der Waals surface area contributed by atoms with E-state index in [1.54, 1.807) is 0 Å². The van der Waals surface area contributed by atoms with Crippen molar-refractivity contribution in [2.45, 2.75) is 45.1 Å². The van der Waals surface area contributed by atoms with Crippen molar-refractivity contribution in [3.05, 3.63) is 33.8 Å². The minimum atomic E-state index is 0.271. The fourth-order valence-electron chi connectivity index (χ4n) is 2.78. The van der Waals surface area contributed by atoms with E-state index in [1.165, 1.54) is 18.4 Å². The topological polar surface area (TPSA) is 12.0 Å². The van der Waals surface area contributed by atoms with E-state index >= 15 is 0 Å². The third-order valence-electron chi connectivity index (χ3n) is 4.05. The second kappa shape index (κ2) is 5.40. The Morgan fingerprint density at radius 3 is 2.56 bits per heavy atom. The van der Waals surface area contributed by atoms with Crippen LogP contribution in [0.5, 0.6) is 0 Å². The summed E-state index contributed by atoms with van der Waals surface area (Å²) in [7, 11) is 0. The number of halogens is 2. The Labute approximate surface area is 120 Å². The molecule has 1 aromatic carbocycles. The highest BCUT2D eigenvalue weighted by molar-refractivity contribution is 6.42. The second-order valence-corrected chi connectivity index (χ2v) is 6.44. The molecule has 0 saturated heterocycles.